The fourth-order valence-corrected chi connectivity index (χ4v) is 1.68. The van der Waals surface area contributed by atoms with Crippen LogP contribution in [0, 0.1) is 0 Å². The molecule has 0 atom stereocenters. The first kappa shape index (κ1) is 20.2. The molecular formula is C14H29IN6. The predicted octanol–water partition coefficient (Wildman–Crippen LogP) is 1.48. The number of nitrogens with one attached hydrogen (secondary N) is 3. The molecule has 21 heavy (non-hydrogen) atoms. The molecule has 0 unspecified atom stereocenters. The van der Waals surface area contributed by atoms with Crippen molar-refractivity contribution in [1.82, 2.24) is 25.7 Å². The van der Waals surface area contributed by atoms with Gasteiger partial charge >= 0.3 is 0 Å². The van der Waals surface area contributed by atoms with Gasteiger partial charge in [0.1, 0.15) is 0 Å². The van der Waals surface area contributed by atoms with Crippen molar-refractivity contribution in [1.29, 1.82) is 0 Å². The van der Waals surface area contributed by atoms with E-state index in [1.54, 1.807) is 6.20 Å². The maximum atomic E-state index is 4.56. The summed E-state index contributed by atoms with van der Waals surface area (Å²) in [5, 5.41) is 14.1. The number of aryl methyl sites for hydroxylation is 1. The molecule has 0 aliphatic carbocycles. The molecule has 0 spiro atoms. The lowest BCUT2D eigenvalue weighted by molar-refractivity contribution is 0.428. The highest BCUT2D eigenvalue weighted by molar-refractivity contribution is 14.0. The minimum atomic E-state index is 0. The van der Waals surface area contributed by atoms with Crippen molar-refractivity contribution in [3.63, 3.8) is 0 Å². The Hall–Kier alpha value is -0.830. The summed E-state index contributed by atoms with van der Waals surface area (Å²) in [6, 6.07) is 1.98. The Morgan fingerprint density at radius 3 is 2.52 bits per heavy atom. The van der Waals surface area contributed by atoms with E-state index in [1.165, 1.54) is 0 Å². The van der Waals surface area contributed by atoms with E-state index in [2.05, 4.69) is 53.7 Å². The van der Waals surface area contributed by atoms with E-state index in [0.29, 0.717) is 6.54 Å². The molecule has 7 heteroatoms. The van der Waals surface area contributed by atoms with Gasteiger partial charge in [0.15, 0.2) is 5.96 Å². The van der Waals surface area contributed by atoms with E-state index < -0.39 is 0 Å². The number of aromatic nitrogens is 2. The first-order chi connectivity index (χ1) is 9.42. The van der Waals surface area contributed by atoms with Crippen molar-refractivity contribution in [2.75, 3.05) is 19.6 Å². The van der Waals surface area contributed by atoms with Crippen LogP contribution < -0.4 is 16.0 Å². The molecule has 0 saturated carbocycles. The second-order valence-corrected chi connectivity index (χ2v) is 5.74. The Kier molecular flexibility index (Phi) is 9.60. The molecule has 122 valence electrons. The van der Waals surface area contributed by atoms with Crippen LogP contribution in [0.15, 0.2) is 17.3 Å². The summed E-state index contributed by atoms with van der Waals surface area (Å²) >= 11 is 0. The van der Waals surface area contributed by atoms with Crippen molar-refractivity contribution in [3.05, 3.63) is 18.0 Å². The maximum absolute atomic E-state index is 4.56. The van der Waals surface area contributed by atoms with Gasteiger partial charge in [-0.25, -0.2) is 4.99 Å². The summed E-state index contributed by atoms with van der Waals surface area (Å²) in [7, 11) is 1.93. The van der Waals surface area contributed by atoms with Crippen LogP contribution in [0.25, 0.3) is 0 Å². The van der Waals surface area contributed by atoms with Gasteiger partial charge in [-0.3, -0.25) is 4.68 Å². The summed E-state index contributed by atoms with van der Waals surface area (Å²) in [5.41, 5.74) is 1.24. The van der Waals surface area contributed by atoms with Crippen LogP contribution in [0.3, 0.4) is 0 Å². The molecule has 0 aromatic carbocycles. The standard InChI is InChI=1S/C14H28N6.HI/c1-6-15-13(16-9-10-18-14(2,3)4)17-11-12-7-8-19-20(12)5;/h7-8,18H,6,9-11H2,1-5H3,(H2,15,16,17);1H. The highest BCUT2D eigenvalue weighted by Crippen LogP contribution is 1.98. The third kappa shape index (κ3) is 8.92. The normalized spacial score (nSPS) is 12.0. The number of halogens is 1. The quantitative estimate of drug-likeness (QED) is 0.289. The van der Waals surface area contributed by atoms with Gasteiger partial charge in [0.05, 0.1) is 12.2 Å². The number of guanidine groups is 1. The Balaban J connectivity index is 0.00000400. The van der Waals surface area contributed by atoms with Gasteiger partial charge in [0.2, 0.25) is 0 Å². The molecular weight excluding hydrogens is 379 g/mol. The number of aliphatic imine (C=N–C) groups is 1. The zero-order chi connectivity index (χ0) is 15.0. The van der Waals surface area contributed by atoms with Gasteiger partial charge < -0.3 is 16.0 Å². The summed E-state index contributed by atoms with van der Waals surface area (Å²) in [4.78, 5) is 4.56. The molecule has 0 amide bonds. The van der Waals surface area contributed by atoms with Gasteiger partial charge in [-0.15, -0.1) is 24.0 Å². The summed E-state index contributed by atoms with van der Waals surface area (Å²) in [5.74, 6) is 0.837. The second kappa shape index (κ2) is 9.99. The van der Waals surface area contributed by atoms with Crippen LogP contribution in [0.5, 0.6) is 0 Å². The zero-order valence-corrected chi connectivity index (χ0v) is 16.1. The van der Waals surface area contributed by atoms with Crippen LogP contribution in [-0.2, 0) is 13.6 Å². The van der Waals surface area contributed by atoms with Crippen molar-refractivity contribution in [2.24, 2.45) is 12.0 Å². The van der Waals surface area contributed by atoms with E-state index in [1.807, 2.05) is 17.8 Å². The van der Waals surface area contributed by atoms with Crippen molar-refractivity contribution < 1.29 is 0 Å². The van der Waals surface area contributed by atoms with Gasteiger partial charge in [0.25, 0.3) is 0 Å². The second-order valence-electron chi connectivity index (χ2n) is 5.74. The summed E-state index contributed by atoms with van der Waals surface area (Å²) in [6.07, 6.45) is 1.79. The van der Waals surface area contributed by atoms with E-state index in [4.69, 9.17) is 0 Å². The molecule has 0 radical (unpaired) electrons. The molecule has 1 aromatic rings. The minimum Gasteiger partial charge on any atom is -0.357 e. The van der Waals surface area contributed by atoms with Gasteiger partial charge in [-0.05, 0) is 33.8 Å². The fraction of sp³-hybridized carbons (Fsp3) is 0.714. The highest BCUT2D eigenvalue weighted by atomic mass is 127. The Labute approximate surface area is 145 Å². The van der Waals surface area contributed by atoms with E-state index >= 15 is 0 Å². The number of hydrogen-bond donors (Lipinski definition) is 3. The van der Waals surface area contributed by atoms with E-state index in [-0.39, 0.29) is 29.5 Å². The lowest BCUT2D eigenvalue weighted by atomic mass is 10.1. The van der Waals surface area contributed by atoms with Crippen LogP contribution in [-0.4, -0.2) is 40.9 Å². The molecule has 0 aliphatic rings. The molecule has 3 N–H and O–H groups in total. The Bertz CT molecular complexity index is 421. The van der Waals surface area contributed by atoms with Crippen molar-refractivity contribution >= 4 is 29.9 Å². The minimum absolute atomic E-state index is 0. The predicted molar refractivity (Wildman–Crippen MR) is 99.2 cm³/mol. The van der Waals surface area contributed by atoms with Crippen LogP contribution >= 0.6 is 24.0 Å². The topological polar surface area (TPSA) is 66.3 Å². The van der Waals surface area contributed by atoms with Gasteiger partial charge in [-0.1, -0.05) is 0 Å². The Morgan fingerprint density at radius 2 is 2.00 bits per heavy atom. The molecule has 0 fully saturated rings. The van der Waals surface area contributed by atoms with Crippen molar-refractivity contribution in [3.8, 4) is 0 Å². The number of nitrogens with zero attached hydrogens (tertiary/aromatic N) is 3. The van der Waals surface area contributed by atoms with Crippen LogP contribution in [0.1, 0.15) is 33.4 Å². The molecule has 0 bridgehead atoms. The molecule has 0 saturated heterocycles. The molecule has 0 aliphatic heterocycles. The number of rotatable bonds is 6. The van der Waals surface area contributed by atoms with Crippen LogP contribution in [0.4, 0.5) is 0 Å². The molecule has 1 rings (SSSR count). The maximum Gasteiger partial charge on any atom is 0.191 e. The zero-order valence-electron chi connectivity index (χ0n) is 13.7. The first-order valence-electron chi connectivity index (χ1n) is 7.16. The van der Waals surface area contributed by atoms with Gasteiger partial charge in [-0.2, -0.15) is 5.10 Å². The van der Waals surface area contributed by atoms with Crippen LogP contribution in [0.2, 0.25) is 0 Å². The van der Waals surface area contributed by atoms with E-state index in [0.717, 1.165) is 31.3 Å². The van der Waals surface area contributed by atoms with E-state index in [9.17, 15) is 0 Å². The number of hydrogen-bond acceptors (Lipinski definition) is 3. The molecule has 1 heterocycles. The third-order valence-corrected chi connectivity index (χ3v) is 2.74. The third-order valence-electron chi connectivity index (χ3n) is 2.74. The summed E-state index contributed by atoms with van der Waals surface area (Å²) in [6.45, 7) is 11.8. The monoisotopic (exact) mass is 408 g/mol. The first-order valence-corrected chi connectivity index (χ1v) is 7.16. The Morgan fingerprint density at radius 1 is 1.29 bits per heavy atom. The van der Waals surface area contributed by atoms with Gasteiger partial charge in [0, 0.05) is 38.4 Å². The lowest BCUT2D eigenvalue weighted by Gasteiger charge is -2.21. The summed E-state index contributed by atoms with van der Waals surface area (Å²) < 4.78 is 1.84. The SMILES string of the molecule is CCNC(=NCc1ccnn1C)NCCNC(C)(C)C.I. The van der Waals surface area contributed by atoms with Crippen molar-refractivity contribution in [2.45, 2.75) is 39.8 Å². The smallest absolute Gasteiger partial charge is 0.191 e. The highest BCUT2D eigenvalue weighted by Gasteiger charge is 2.07. The average molecular weight is 408 g/mol. The molecule has 1 aromatic heterocycles. The molecule has 6 nitrogen and oxygen atoms in total. The largest absolute Gasteiger partial charge is 0.357 e. The fourth-order valence-electron chi connectivity index (χ4n) is 1.68. The average Bonchev–Trinajstić information content (AvgIpc) is 2.76. The lowest BCUT2D eigenvalue weighted by Crippen LogP contribution is -2.44.